The van der Waals surface area contributed by atoms with Crippen molar-refractivity contribution in [3.8, 4) is 0 Å². The van der Waals surface area contributed by atoms with Crippen molar-refractivity contribution in [2.45, 2.75) is 39.2 Å². The summed E-state index contributed by atoms with van der Waals surface area (Å²) in [4.78, 5) is 14.6. The fraction of sp³-hybridized carbons (Fsp3) is 0.350. The van der Waals surface area contributed by atoms with Gasteiger partial charge in [0.05, 0.1) is 0 Å². The molecular formula is C20H24N2O. The van der Waals surface area contributed by atoms with Crippen LogP contribution in [0.4, 0.5) is 11.4 Å². The van der Waals surface area contributed by atoms with E-state index < -0.39 is 0 Å². The lowest BCUT2D eigenvalue weighted by Gasteiger charge is -2.23. The van der Waals surface area contributed by atoms with Crippen LogP contribution in [0, 0.1) is 0 Å². The normalized spacial score (nSPS) is 16.3. The molecule has 0 fully saturated rings. The van der Waals surface area contributed by atoms with Crippen LogP contribution in [-0.4, -0.2) is 18.5 Å². The molecule has 3 rings (SSSR count). The third-order valence-electron chi connectivity index (χ3n) is 4.53. The van der Waals surface area contributed by atoms with E-state index in [9.17, 15) is 4.79 Å². The molecule has 2 aromatic rings. The van der Waals surface area contributed by atoms with Crippen molar-refractivity contribution < 1.29 is 4.79 Å². The third kappa shape index (κ3) is 3.24. The highest BCUT2D eigenvalue weighted by Gasteiger charge is 2.29. The van der Waals surface area contributed by atoms with Gasteiger partial charge in [0.25, 0.3) is 0 Å². The van der Waals surface area contributed by atoms with Crippen molar-refractivity contribution in [3.05, 3.63) is 59.7 Å². The van der Waals surface area contributed by atoms with Crippen LogP contribution in [0.5, 0.6) is 0 Å². The Bertz CT molecular complexity index is 696. The minimum absolute atomic E-state index is 0.198. The van der Waals surface area contributed by atoms with Crippen LogP contribution in [-0.2, 0) is 17.6 Å². The number of rotatable bonds is 5. The Labute approximate surface area is 138 Å². The summed E-state index contributed by atoms with van der Waals surface area (Å²) >= 11 is 0. The smallest absolute Gasteiger partial charge is 0.229 e. The summed E-state index contributed by atoms with van der Waals surface area (Å²) in [6.07, 6.45) is 2.46. The minimum Gasteiger partial charge on any atom is -0.384 e. The molecule has 1 N–H and O–H groups in total. The molecule has 1 aliphatic heterocycles. The molecule has 3 nitrogen and oxygen atoms in total. The highest BCUT2D eigenvalue weighted by Crippen LogP contribution is 2.32. The summed E-state index contributed by atoms with van der Waals surface area (Å²) in [5.74, 6) is 0.198. The van der Waals surface area contributed by atoms with Crippen LogP contribution in [0.15, 0.2) is 48.5 Å². The topological polar surface area (TPSA) is 32.3 Å². The number of nitrogens with one attached hydrogen (secondary N) is 1. The van der Waals surface area contributed by atoms with Gasteiger partial charge in [0, 0.05) is 30.4 Å². The summed E-state index contributed by atoms with van der Waals surface area (Å²) in [5.41, 5.74) is 4.79. The van der Waals surface area contributed by atoms with E-state index in [1.165, 1.54) is 11.1 Å². The molecule has 0 bridgehead atoms. The molecule has 0 saturated heterocycles. The Hall–Kier alpha value is -2.29. The maximum atomic E-state index is 12.6. The number of aryl methyl sites for hydroxylation is 1. The molecule has 0 saturated carbocycles. The van der Waals surface area contributed by atoms with Gasteiger partial charge in [-0.1, -0.05) is 43.3 Å². The van der Waals surface area contributed by atoms with Gasteiger partial charge >= 0.3 is 0 Å². The number of fused-ring (bicyclic) bond motifs is 1. The Kier molecular flexibility index (Phi) is 4.65. The maximum absolute atomic E-state index is 12.6. The van der Waals surface area contributed by atoms with Crippen LogP contribution in [0.25, 0.3) is 0 Å². The van der Waals surface area contributed by atoms with E-state index >= 15 is 0 Å². The van der Waals surface area contributed by atoms with Crippen molar-refractivity contribution >= 4 is 17.3 Å². The zero-order chi connectivity index (χ0) is 16.2. The van der Waals surface area contributed by atoms with Crippen LogP contribution in [0.1, 0.15) is 31.4 Å². The van der Waals surface area contributed by atoms with Crippen molar-refractivity contribution in [3.63, 3.8) is 0 Å². The number of nitrogens with zero attached hydrogens (tertiary/aromatic N) is 1. The van der Waals surface area contributed by atoms with Crippen molar-refractivity contribution in [1.82, 2.24) is 0 Å². The number of amides is 1. The number of carbonyl (C=O) groups is 1. The van der Waals surface area contributed by atoms with Crippen molar-refractivity contribution in [2.75, 3.05) is 16.8 Å². The molecule has 23 heavy (non-hydrogen) atoms. The second-order valence-electron chi connectivity index (χ2n) is 6.13. The summed E-state index contributed by atoms with van der Waals surface area (Å²) in [6.45, 7) is 4.94. The first-order valence-electron chi connectivity index (χ1n) is 8.42. The van der Waals surface area contributed by atoms with Crippen LogP contribution in [0.3, 0.4) is 0 Å². The zero-order valence-corrected chi connectivity index (χ0v) is 13.9. The average Bonchev–Trinajstić information content (AvgIpc) is 2.91. The molecular weight excluding hydrogens is 284 g/mol. The average molecular weight is 308 g/mol. The predicted molar refractivity (Wildman–Crippen MR) is 96.0 cm³/mol. The molecule has 1 atom stereocenters. The van der Waals surface area contributed by atoms with Crippen LogP contribution >= 0.6 is 0 Å². The van der Waals surface area contributed by atoms with Gasteiger partial charge in [0.15, 0.2) is 0 Å². The summed E-state index contributed by atoms with van der Waals surface area (Å²) in [7, 11) is 0. The van der Waals surface area contributed by atoms with Gasteiger partial charge in [-0.05, 0) is 43.0 Å². The summed E-state index contributed by atoms with van der Waals surface area (Å²) < 4.78 is 0. The number of anilines is 2. The Balaban J connectivity index is 1.62. The molecule has 0 aromatic heterocycles. The largest absolute Gasteiger partial charge is 0.384 e. The number of carbonyl (C=O) groups excluding carboxylic acids is 1. The monoisotopic (exact) mass is 308 g/mol. The van der Waals surface area contributed by atoms with Gasteiger partial charge < -0.3 is 10.2 Å². The standard InChI is InChI=1S/C20H24N2O/c1-3-16-8-4-6-10-18(16)21-13-12-20(23)22-15(2)14-17-9-5-7-11-19(17)22/h4-11,15,21H,3,12-14H2,1-2H3. The SMILES string of the molecule is CCc1ccccc1NCCC(=O)N1c2ccccc2CC1C. The summed E-state index contributed by atoms with van der Waals surface area (Å²) in [5, 5.41) is 3.41. The van der Waals surface area contributed by atoms with Crippen LogP contribution < -0.4 is 10.2 Å². The molecule has 1 unspecified atom stereocenters. The molecule has 1 heterocycles. The van der Waals surface area contributed by atoms with Crippen molar-refractivity contribution in [2.24, 2.45) is 0 Å². The second-order valence-corrected chi connectivity index (χ2v) is 6.13. The lowest BCUT2D eigenvalue weighted by atomic mass is 10.1. The van der Waals surface area contributed by atoms with E-state index in [1.54, 1.807) is 0 Å². The number of benzene rings is 2. The Morgan fingerprint density at radius 2 is 1.91 bits per heavy atom. The first kappa shape index (κ1) is 15.6. The fourth-order valence-corrected chi connectivity index (χ4v) is 3.37. The molecule has 120 valence electrons. The number of hydrogen-bond donors (Lipinski definition) is 1. The van der Waals surface area contributed by atoms with Gasteiger partial charge in [-0.15, -0.1) is 0 Å². The maximum Gasteiger partial charge on any atom is 0.229 e. The molecule has 0 spiro atoms. The Morgan fingerprint density at radius 1 is 1.17 bits per heavy atom. The van der Waals surface area contributed by atoms with Gasteiger partial charge in [-0.3, -0.25) is 4.79 Å². The van der Waals surface area contributed by atoms with Gasteiger partial charge in [-0.2, -0.15) is 0 Å². The number of para-hydroxylation sites is 2. The van der Waals surface area contributed by atoms with E-state index in [1.807, 2.05) is 23.1 Å². The fourth-order valence-electron chi connectivity index (χ4n) is 3.37. The van der Waals surface area contributed by atoms with E-state index in [-0.39, 0.29) is 11.9 Å². The van der Waals surface area contributed by atoms with Gasteiger partial charge in [-0.25, -0.2) is 0 Å². The van der Waals surface area contributed by atoms with Gasteiger partial charge in [0.1, 0.15) is 0 Å². The molecule has 0 aliphatic carbocycles. The lowest BCUT2D eigenvalue weighted by molar-refractivity contribution is -0.118. The molecule has 2 aromatic carbocycles. The molecule has 1 amide bonds. The third-order valence-corrected chi connectivity index (χ3v) is 4.53. The van der Waals surface area contributed by atoms with E-state index in [4.69, 9.17) is 0 Å². The molecule has 1 aliphatic rings. The first-order valence-corrected chi connectivity index (χ1v) is 8.42. The summed E-state index contributed by atoms with van der Waals surface area (Å²) in [6, 6.07) is 16.8. The van der Waals surface area contributed by atoms with Crippen LogP contribution in [0.2, 0.25) is 0 Å². The van der Waals surface area contributed by atoms with E-state index in [0.29, 0.717) is 13.0 Å². The lowest BCUT2D eigenvalue weighted by Crippen LogP contribution is -2.36. The molecule has 0 radical (unpaired) electrons. The first-order chi connectivity index (χ1) is 11.2. The minimum atomic E-state index is 0.198. The Morgan fingerprint density at radius 3 is 2.74 bits per heavy atom. The van der Waals surface area contributed by atoms with E-state index in [2.05, 4.69) is 49.5 Å². The van der Waals surface area contributed by atoms with Crippen molar-refractivity contribution in [1.29, 1.82) is 0 Å². The number of hydrogen-bond acceptors (Lipinski definition) is 2. The quantitative estimate of drug-likeness (QED) is 0.904. The second kappa shape index (κ2) is 6.86. The van der Waals surface area contributed by atoms with Gasteiger partial charge in [0.2, 0.25) is 5.91 Å². The molecule has 3 heteroatoms. The predicted octanol–water partition coefficient (Wildman–Crippen LogP) is 4.03. The highest BCUT2D eigenvalue weighted by atomic mass is 16.2. The zero-order valence-electron chi connectivity index (χ0n) is 13.9. The highest BCUT2D eigenvalue weighted by molar-refractivity contribution is 5.96. The van der Waals surface area contributed by atoms with E-state index in [0.717, 1.165) is 24.2 Å².